The summed E-state index contributed by atoms with van der Waals surface area (Å²) in [5.41, 5.74) is 2.10. The van der Waals surface area contributed by atoms with E-state index in [0.29, 0.717) is 47.2 Å². The first-order chi connectivity index (χ1) is 20.7. The molecule has 1 aliphatic heterocycles. The molecule has 0 N–H and O–H groups in total. The highest BCUT2D eigenvalue weighted by molar-refractivity contribution is 5.94. The van der Waals surface area contributed by atoms with E-state index in [1.165, 1.54) is 37.7 Å². The van der Waals surface area contributed by atoms with Crippen LogP contribution >= 0.6 is 0 Å². The first-order valence-corrected chi connectivity index (χ1v) is 19.3. The quantitative estimate of drug-likeness (QED) is 0.283. The molecule has 4 aliphatic carbocycles. The molecule has 6 unspecified atom stereocenters. The van der Waals surface area contributed by atoms with Crippen molar-refractivity contribution < 1.29 is 14.3 Å². The third-order valence-corrected chi connectivity index (χ3v) is 16.1. The molecule has 14 atom stereocenters. The lowest BCUT2D eigenvalue weighted by Gasteiger charge is -2.62. The molecule has 0 aromatic rings. The van der Waals surface area contributed by atoms with Crippen molar-refractivity contribution >= 4 is 5.78 Å². The molecular weight excluding hydrogens is 552 g/mol. The van der Waals surface area contributed by atoms with Gasteiger partial charge in [0.25, 0.3) is 0 Å². The van der Waals surface area contributed by atoms with Gasteiger partial charge >= 0.3 is 0 Å². The minimum Gasteiger partial charge on any atom is -0.349 e. The van der Waals surface area contributed by atoms with Gasteiger partial charge in [-0.15, -0.1) is 0 Å². The Hall–Kier alpha value is -0.670. The number of fused-ring (bicyclic) bond motifs is 5. The third kappa shape index (κ3) is 5.76. The van der Waals surface area contributed by atoms with Crippen molar-refractivity contribution in [2.45, 2.75) is 173 Å². The molecule has 5 aliphatic rings. The topological polar surface area (TPSA) is 35.5 Å². The lowest BCUT2D eigenvalue weighted by atomic mass is 9.42. The Morgan fingerprint density at radius 1 is 0.911 bits per heavy atom. The molecule has 0 aromatic carbocycles. The zero-order valence-electron chi connectivity index (χ0n) is 32.0. The average Bonchev–Trinajstić information content (AvgIpc) is 3.23. The average molecular weight is 625 g/mol. The third-order valence-electron chi connectivity index (χ3n) is 16.1. The molecule has 45 heavy (non-hydrogen) atoms. The van der Waals surface area contributed by atoms with Gasteiger partial charge in [-0.3, -0.25) is 4.79 Å². The number of ether oxygens (including phenoxy) is 2. The Kier molecular flexibility index (Phi) is 9.53. The van der Waals surface area contributed by atoms with Gasteiger partial charge in [-0.25, -0.2) is 0 Å². The SMILES string of the molecule is CCC1OC(O[C@H](CCC(C)(C)C)C(C)(C)[C@H]2CC[C@@]3(C)C4=CC(=O)[C@@H]5C[C@@H](C)[C@@H](C)C[C@]5(C)C4CC[C@]23C)C(C)C(C)C1C. The van der Waals surface area contributed by atoms with E-state index in [9.17, 15) is 4.79 Å². The maximum absolute atomic E-state index is 14.0. The van der Waals surface area contributed by atoms with Crippen LogP contribution in [0, 0.1) is 74.4 Å². The van der Waals surface area contributed by atoms with Gasteiger partial charge in [0, 0.05) is 11.8 Å². The smallest absolute Gasteiger partial charge is 0.161 e. The van der Waals surface area contributed by atoms with Crippen LogP contribution in [0.4, 0.5) is 0 Å². The Labute approximate surface area is 278 Å². The van der Waals surface area contributed by atoms with E-state index in [4.69, 9.17) is 9.47 Å². The zero-order valence-corrected chi connectivity index (χ0v) is 32.0. The fourth-order valence-electron chi connectivity index (χ4n) is 12.1. The van der Waals surface area contributed by atoms with Gasteiger partial charge < -0.3 is 9.47 Å². The highest BCUT2D eigenvalue weighted by atomic mass is 16.7. The molecule has 4 fully saturated rings. The zero-order chi connectivity index (χ0) is 33.5. The van der Waals surface area contributed by atoms with Gasteiger partial charge in [0.05, 0.1) is 12.2 Å². The van der Waals surface area contributed by atoms with Gasteiger partial charge in [0.2, 0.25) is 0 Å². The summed E-state index contributed by atoms with van der Waals surface area (Å²) in [6.45, 7) is 34.1. The summed E-state index contributed by atoms with van der Waals surface area (Å²) < 4.78 is 14.1. The minimum absolute atomic E-state index is 0.0118. The van der Waals surface area contributed by atoms with Crippen LogP contribution in [0.25, 0.3) is 0 Å². The van der Waals surface area contributed by atoms with Crippen molar-refractivity contribution in [1.29, 1.82) is 0 Å². The van der Waals surface area contributed by atoms with Crippen molar-refractivity contribution in [2.24, 2.45) is 74.4 Å². The van der Waals surface area contributed by atoms with E-state index in [-0.39, 0.29) is 51.5 Å². The monoisotopic (exact) mass is 625 g/mol. The van der Waals surface area contributed by atoms with Crippen molar-refractivity contribution in [2.75, 3.05) is 0 Å². The predicted octanol–water partition coefficient (Wildman–Crippen LogP) is 11.3. The second-order valence-corrected chi connectivity index (χ2v) is 20.0. The number of carbonyl (C=O) groups is 1. The van der Waals surface area contributed by atoms with E-state index in [0.717, 1.165) is 25.7 Å². The lowest BCUT2D eigenvalue weighted by molar-refractivity contribution is -0.283. The Balaban J connectivity index is 1.47. The van der Waals surface area contributed by atoms with Gasteiger partial charge in [-0.1, -0.05) is 103 Å². The molecule has 0 spiro atoms. The Morgan fingerprint density at radius 3 is 2.20 bits per heavy atom. The largest absolute Gasteiger partial charge is 0.349 e. The van der Waals surface area contributed by atoms with E-state index in [1.807, 2.05) is 0 Å². The predicted molar refractivity (Wildman–Crippen MR) is 188 cm³/mol. The molecule has 0 amide bonds. The van der Waals surface area contributed by atoms with Crippen molar-refractivity contribution in [3.8, 4) is 0 Å². The van der Waals surface area contributed by atoms with Crippen LogP contribution in [0.2, 0.25) is 0 Å². The van der Waals surface area contributed by atoms with Gasteiger partial charge in [0.15, 0.2) is 12.1 Å². The van der Waals surface area contributed by atoms with Crippen LogP contribution in [0.3, 0.4) is 0 Å². The number of carbonyl (C=O) groups excluding carboxylic acids is 1. The molecule has 0 radical (unpaired) electrons. The van der Waals surface area contributed by atoms with Crippen LogP contribution in [0.15, 0.2) is 11.6 Å². The number of hydrogen-bond acceptors (Lipinski definition) is 3. The maximum atomic E-state index is 14.0. The molecule has 3 saturated carbocycles. The van der Waals surface area contributed by atoms with Crippen molar-refractivity contribution in [3.63, 3.8) is 0 Å². The molecular formula is C42H72O3. The first kappa shape index (κ1) is 35.6. The molecule has 5 rings (SSSR count). The second kappa shape index (κ2) is 12.0. The van der Waals surface area contributed by atoms with Gasteiger partial charge in [-0.05, 0) is 126 Å². The summed E-state index contributed by atoms with van der Waals surface area (Å²) in [6.07, 6.45) is 12.9. The molecule has 1 saturated heterocycles. The number of rotatable bonds is 7. The van der Waals surface area contributed by atoms with Crippen LogP contribution < -0.4 is 0 Å². The highest BCUT2D eigenvalue weighted by Crippen LogP contribution is 2.73. The minimum atomic E-state index is -0.145. The maximum Gasteiger partial charge on any atom is 0.161 e. The molecule has 3 nitrogen and oxygen atoms in total. The summed E-state index contributed by atoms with van der Waals surface area (Å²) in [7, 11) is 0. The number of ketones is 1. The second-order valence-electron chi connectivity index (χ2n) is 20.0. The highest BCUT2D eigenvalue weighted by Gasteiger charge is 2.67. The Morgan fingerprint density at radius 2 is 1.58 bits per heavy atom. The normalized spacial score (nSPS) is 47.9. The van der Waals surface area contributed by atoms with E-state index < -0.39 is 0 Å². The van der Waals surface area contributed by atoms with Crippen LogP contribution in [-0.4, -0.2) is 24.3 Å². The first-order valence-electron chi connectivity index (χ1n) is 19.3. The van der Waals surface area contributed by atoms with E-state index in [1.54, 1.807) is 0 Å². The molecule has 0 aromatic heterocycles. The lowest BCUT2D eigenvalue weighted by Crippen LogP contribution is -2.57. The van der Waals surface area contributed by atoms with Gasteiger partial charge in [0.1, 0.15) is 0 Å². The van der Waals surface area contributed by atoms with Crippen molar-refractivity contribution in [1.82, 2.24) is 0 Å². The summed E-state index contributed by atoms with van der Waals surface area (Å²) in [6, 6.07) is 0. The summed E-state index contributed by atoms with van der Waals surface area (Å²) in [5, 5.41) is 0. The standard InChI is InChI=1S/C42H72O3/c1-15-34-28(5)27(4)29(6)37(44-34)45-36(18-19-38(7,8)9)39(10,11)35-17-21-41(13)31-23-33(43)32-22-25(2)26(3)24-40(32,12)30(31)16-20-42(35,41)14/h23,25-30,32,34-37H,15-22,24H2,1-14H3/t25-,26+,27?,28?,29?,30?,32+,34?,35-,36-,37?,40-,41+,42-/m1/s1. The summed E-state index contributed by atoms with van der Waals surface area (Å²) in [5.74, 6) is 4.58. The molecule has 1 heterocycles. The summed E-state index contributed by atoms with van der Waals surface area (Å²) in [4.78, 5) is 14.0. The molecule has 0 bridgehead atoms. The van der Waals surface area contributed by atoms with Gasteiger partial charge in [-0.2, -0.15) is 0 Å². The fourth-order valence-corrected chi connectivity index (χ4v) is 12.1. The summed E-state index contributed by atoms with van der Waals surface area (Å²) >= 11 is 0. The van der Waals surface area contributed by atoms with Crippen LogP contribution in [-0.2, 0) is 14.3 Å². The fraction of sp³-hybridized carbons (Fsp3) is 0.929. The Bertz CT molecular complexity index is 1130. The van der Waals surface area contributed by atoms with E-state index in [2.05, 4.69) is 103 Å². The molecule has 3 heteroatoms. The van der Waals surface area contributed by atoms with Crippen LogP contribution in [0.1, 0.15) is 155 Å². The number of hydrogen-bond donors (Lipinski definition) is 0. The van der Waals surface area contributed by atoms with Crippen molar-refractivity contribution in [3.05, 3.63) is 11.6 Å². The van der Waals surface area contributed by atoms with E-state index >= 15 is 0 Å². The number of allylic oxidation sites excluding steroid dienone is 2. The van der Waals surface area contributed by atoms with Crippen LogP contribution in [0.5, 0.6) is 0 Å². The molecule has 258 valence electrons.